The van der Waals surface area contributed by atoms with E-state index in [-0.39, 0.29) is 21.7 Å². The summed E-state index contributed by atoms with van der Waals surface area (Å²) in [5.74, 6) is -1.44. The zero-order chi connectivity index (χ0) is 16.6. The van der Waals surface area contributed by atoms with Crippen LogP contribution in [0.2, 0.25) is 0 Å². The molecular weight excluding hydrogens is 332 g/mol. The topological polar surface area (TPSA) is 94.3 Å². The second-order valence-electron chi connectivity index (χ2n) is 4.46. The average Bonchev–Trinajstić information content (AvgIpc) is 2.99. The normalized spacial score (nSPS) is 11.6. The Hall–Kier alpha value is -2.75. The number of sulfonamides is 1. The predicted molar refractivity (Wildman–Crippen MR) is 75.5 cm³/mol. The smallest absolute Gasteiger partial charge is 0.264 e. The van der Waals surface area contributed by atoms with Crippen molar-refractivity contribution >= 4 is 26.7 Å². The molecule has 23 heavy (non-hydrogen) atoms. The fourth-order valence-corrected chi connectivity index (χ4v) is 3.17. The van der Waals surface area contributed by atoms with Gasteiger partial charge in [0, 0.05) is 6.07 Å². The Morgan fingerprint density at radius 2 is 1.87 bits per heavy atom. The number of halogens is 2. The Bertz CT molecular complexity index is 988. The number of rotatable bonds is 4. The van der Waals surface area contributed by atoms with E-state index in [0.717, 1.165) is 18.2 Å². The third kappa shape index (κ3) is 2.68. The first-order chi connectivity index (χ1) is 10.9. The number of ether oxygens (including phenoxy) is 1. The Morgan fingerprint density at radius 1 is 1.13 bits per heavy atom. The van der Waals surface area contributed by atoms with Crippen LogP contribution < -0.4 is 9.46 Å². The Morgan fingerprint density at radius 3 is 2.61 bits per heavy atom. The zero-order valence-electron chi connectivity index (χ0n) is 11.6. The van der Waals surface area contributed by atoms with Gasteiger partial charge >= 0.3 is 0 Å². The van der Waals surface area contributed by atoms with Crippen molar-refractivity contribution in [2.24, 2.45) is 0 Å². The molecule has 0 saturated carbocycles. The van der Waals surface area contributed by atoms with Gasteiger partial charge in [-0.15, -0.1) is 0 Å². The third-order valence-corrected chi connectivity index (χ3v) is 4.42. The number of hydrogen-bond donors (Lipinski definition) is 1. The van der Waals surface area contributed by atoms with E-state index in [2.05, 4.69) is 14.9 Å². The minimum Gasteiger partial charge on any atom is -0.494 e. The largest absolute Gasteiger partial charge is 0.494 e. The van der Waals surface area contributed by atoms with Crippen LogP contribution in [0.4, 0.5) is 14.5 Å². The molecule has 10 heteroatoms. The van der Waals surface area contributed by atoms with E-state index in [1.165, 1.54) is 19.2 Å². The Balaban J connectivity index is 2.10. The second-order valence-corrected chi connectivity index (χ2v) is 6.11. The molecule has 0 atom stereocenters. The van der Waals surface area contributed by atoms with Gasteiger partial charge in [-0.05, 0) is 34.6 Å². The van der Waals surface area contributed by atoms with Crippen molar-refractivity contribution in [3.05, 3.63) is 42.0 Å². The van der Waals surface area contributed by atoms with E-state index in [0.29, 0.717) is 0 Å². The molecule has 1 N–H and O–H groups in total. The molecule has 0 aliphatic heterocycles. The van der Waals surface area contributed by atoms with Crippen LogP contribution in [0.25, 0.3) is 11.0 Å². The molecule has 3 aromatic rings. The number of anilines is 1. The van der Waals surface area contributed by atoms with E-state index < -0.39 is 27.3 Å². The first-order valence-corrected chi connectivity index (χ1v) is 7.68. The molecule has 1 aromatic heterocycles. The van der Waals surface area contributed by atoms with Crippen molar-refractivity contribution in [3.63, 3.8) is 0 Å². The van der Waals surface area contributed by atoms with Crippen LogP contribution in [-0.2, 0) is 10.0 Å². The predicted octanol–water partition coefficient (Wildman–Crippen LogP) is 2.31. The van der Waals surface area contributed by atoms with Crippen LogP contribution >= 0.6 is 0 Å². The highest BCUT2D eigenvalue weighted by Gasteiger charge is 2.24. The van der Waals surface area contributed by atoms with Gasteiger partial charge in [0.1, 0.15) is 22.3 Å². The van der Waals surface area contributed by atoms with Crippen LogP contribution in [0.15, 0.2) is 39.9 Å². The lowest BCUT2D eigenvalue weighted by Crippen LogP contribution is -2.14. The Kier molecular flexibility index (Phi) is 3.60. The number of methoxy groups -OCH3 is 1. The molecule has 0 amide bonds. The van der Waals surface area contributed by atoms with Crippen molar-refractivity contribution in [1.29, 1.82) is 0 Å². The van der Waals surface area contributed by atoms with Gasteiger partial charge in [-0.3, -0.25) is 4.72 Å². The molecule has 0 fully saturated rings. The monoisotopic (exact) mass is 341 g/mol. The highest BCUT2D eigenvalue weighted by atomic mass is 32.2. The summed E-state index contributed by atoms with van der Waals surface area (Å²) in [5.41, 5.74) is -0.519. The summed E-state index contributed by atoms with van der Waals surface area (Å²) in [6.45, 7) is 0. The fourth-order valence-electron chi connectivity index (χ4n) is 1.98. The van der Waals surface area contributed by atoms with E-state index in [9.17, 15) is 17.2 Å². The van der Waals surface area contributed by atoms with Crippen molar-refractivity contribution in [2.75, 3.05) is 11.8 Å². The quantitative estimate of drug-likeness (QED) is 0.782. The average molecular weight is 341 g/mol. The number of benzene rings is 2. The van der Waals surface area contributed by atoms with E-state index >= 15 is 0 Å². The standard InChI is InChI=1S/C13H9F2N3O4S/c1-21-10-4-5-11(13-12(10)16-22-17-13)23(19,20)18-9-6-7(14)2-3-8(9)15/h2-6,18H,1H3. The first kappa shape index (κ1) is 15.2. The first-order valence-electron chi connectivity index (χ1n) is 6.19. The molecule has 0 spiro atoms. The highest BCUT2D eigenvalue weighted by Crippen LogP contribution is 2.29. The summed E-state index contributed by atoms with van der Waals surface area (Å²) in [4.78, 5) is -0.307. The lowest BCUT2D eigenvalue weighted by molar-refractivity contribution is 0.313. The number of nitrogens with one attached hydrogen (secondary N) is 1. The summed E-state index contributed by atoms with van der Waals surface area (Å²) >= 11 is 0. The molecule has 0 saturated heterocycles. The molecule has 1 heterocycles. The summed E-state index contributed by atoms with van der Waals surface area (Å²) in [7, 11) is -2.88. The molecule has 3 rings (SSSR count). The molecular formula is C13H9F2N3O4S. The lowest BCUT2D eigenvalue weighted by atomic mass is 10.3. The van der Waals surface area contributed by atoms with Gasteiger partial charge in [0.15, 0.2) is 11.0 Å². The molecule has 0 unspecified atom stereocenters. The number of nitrogens with zero attached hydrogens (tertiary/aromatic N) is 2. The minimum atomic E-state index is -4.25. The van der Waals surface area contributed by atoms with Crippen molar-refractivity contribution in [1.82, 2.24) is 10.3 Å². The molecule has 0 aliphatic carbocycles. The summed E-state index contributed by atoms with van der Waals surface area (Å²) < 4.78 is 63.2. The van der Waals surface area contributed by atoms with Crippen molar-refractivity contribution < 1.29 is 26.6 Å². The maximum Gasteiger partial charge on any atom is 0.264 e. The third-order valence-electron chi connectivity index (χ3n) is 3.02. The van der Waals surface area contributed by atoms with E-state index in [1.54, 1.807) is 0 Å². The van der Waals surface area contributed by atoms with Gasteiger partial charge < -0.3 is 4.74 Å². The van der Waals surface area contributed by atoms with Gasteiger partial charge in [-0.1, -0.05) is 0 Å². The number of hydrogen-bond acceptors (Lipinski definition) is 6. The lowest BCUT2D eigenvalue weighted by Gasteiger charge is -2.09. The second kappa shape index (κ2) is 5.47. The number of fused-ring (bicyclic) bond motifs is 1. The van der Waals surface area contributed by atoms with Gasteiger partial charge in [0.2, 0.25) is 0 Å². The van der Waals surface area contributed by atoms with Crippen LogP contribution in [0.1, 0.15) is 0 Å². The summed E-state index contributed by atoms with van der Waals surface area (Å²) in [5, 5.41) is 7.09. The summed E-state index contributed by atoms with van der Waals surface area (Å²) in [6, 6.07) is 4.97. The summed E-state index contributed by atoms with van der Waals surface area (Å²) in [6.07, 6.45) is 0. The number of aromatic nitrogens is 2. The van der Waals surface area contributed by atoms with E-state index in [4.69, 9.17) is 4.74 Å². The molecule has 0 radical (unpaired) electrons. The van der Waals surface area contributed by atoms with Gasteiger partial charge in [0.05, 0.1) is 12.8 Å². The fraction of sp³-hybridized carbons (Fsp3) is 0.0769. The van der Waals surface area contributed by atoms with Crippen molar-refractivity contribution in [2.45, 2.75) is 4.90 Å². The molecule has 7 nitrogen and oxygen atoms in total. The maximum absolute atomic E-state index is 13.6. The van der Waals surface area contributed by atoms with Gasteiger partial charge in [-0.2, -0.15) is 0 Å². The zero-order valence-corrected chi connectivity index (χ0v) is 12.4. The highest BCUT2D eigenvalue weighted by molar-refractivity contribution is 7.93. The van der Waals surface area contributed by atoms with Crippen LogP contribution in [-0.4, -0.2) is 25.8 Å². The molecule has 2 aromatic carbocycles. The van der Waals surface area contributed by atoms with Crippen molar-refractivity contribution in [3.8, 4) is 5.75 Å². The maximum atomic E-state index is 13.6. The molecule has 0 bridgehead atoms. The molecule has 120 valence electrons. The van der Waals surface area contributed by atoms with Crippen LogP contribution in [0.3, 0.4) is 0 Å². The van der Waals surface area contributed by atoms with Gasteiger partial charge in [-0.25, -0.2) is 21.8 Å². The van der Waals surface area contributed by atoms with E-state index in [1.807, 2.05) is 4.72 Å². The van der Waals surface area contributed by atoms with Crippen LogP contribution in [0.5, 0.6) is 5.75 Å². The SMILES string of the molecule is COc1ccc(S(=O)(=O)Nc2cc(F)ccc2F)c2nonc12. The molecule has 0 aliphatic rings. The van der Waals surface area contributed by atoms with Crippen LogP contribution in [0, 0.1) is 11.6 Å². The van der Waals surface area contributed by atoms with Gasteiger partial charge in [0.25, 0.3) is 10.0 Å². The minimum absolute atomic E-state index is 0.0892. The Labute approximate surface area is 128 Å².